The molecule has 3 unspecified atom stereocenters. The lowest BCUT2D eigenvalue weighted by atomic mass is 9.76. The van der Waals surface area contributed by atoms with Gasteiger partial charge in [-0.1, -0.05) is 57.1 Å². The molecule has 16 heteroatoms. The highest BCUT2D eigenvalue weighted by Gasteiger charge is 2.44. The molecule has 5 aromatic rings. The number of amides is 4. The summed E-state index contributed by atoms with van der Waals surface area (Å²) < 4.78 is 11.9. The van der Waals surface area contributed by atoms with E-state index in [9.17, 15) is 19.2 Å². The quantitative estimate of drug-likeness (QED) is 0.110. The number of aromatic amines is 2. The molecular weight excluding hydrogens is 801 g/mol. The standard InChI is InChI=1S/C44H48N8O6S2/c1-25(2)34(49-42(55)57-4)40(53)51-19-10-12-33(51)39-47-30-16-14-26(21-31(30)48-39)29-24-60-35-27(23-59-36(29)35)13-15-28-22-45-38(46-28)32-11-9-20-52(32)41(54)37(50-43(56)58-5)44(3)17-7-6-8-18-44/h6-8,14,16-17,21-25,32-34,37H,9-12,18-20H2,1-5H3,(H,45,46)(H,47,48)(H,49,55)(H,50,56)/t32?,33?,34-,37+,44?/m1/s1. The second kappa shape index (κ2) is 17.0. The van der Waals surface area contributed by atoms with Crippen molar-refractivity contribution in [1.29, 1.82) is 0 Å². The van der Waals surface area contributed by atoms with Gasteiger partial charge in [0.1, 0.15) is 29.4 Å². The molecule has 0 bridgehead atoms. The largest absolute Gasteiger partial charge is 0.453 e. The number of allylic oxidation sites excluding steroid dienone is 3. The van der Waals surface area contributed by atoms with Crippen LogP contribution < -0.4 is 10.6 Å². The number of aromatic nitrogens is 4. The van der Waals surface area contributed by atoms with Crippen LogP contribution in [0.4, 0.5) is 9.59 Å². The molecule has 3 aliphatic rings. The van der Waals surface area contributed by atoms with Crippen LogP contribution in [-0.2, 0) is 19.1 Å². The average molecular weight is 849 g/mol. The fourth-order valence-electron chi connectivity index (χ4n) is 8.48. The Kier molecular flexibility index (Phi) is 11.6. The molecule has 2 fully saturated rings. The van der Waals surface area contributed by atoms with Crippen LogP contribution >= 0.6 is 22.7 Å². The second-order valence-corrected chi connectivity index (χ2v) is 17.8. The van der Waals surface area contributed by atoms with Gasteiger partial charge in [0.2, 0.25) is 11.8 Å². The summed E-state index contributed by atoms with van der Waals surface area (Å²) in [4.78, 5) is 72.3. The van der Waals surface area contributed by atoms with Crippen LogP contribution in [0.1, 0.15) is 87.9 Å². The lowest BCUT2D eigenvalue weighted by Gasteiger charge is -2.38. The van der Waals surface area contributed by atoms with Crippen molar-refractivity contribution in [2.24, 2.45) is 11.3 Å². The Hall–Kier alpha value is -5.92. The highest BCUT2D eigenvalue weighted by molar-refractivity contribution is 7.27. The van der Waals surface area contributed by atoms with Gasteiger partial charge in [0.15, 0.2) is 0 Å². The minimum Gasteiger partial charge on any atom is -0.453 e. The van der Waals surface area contributed by atoms with Crippen molar-refractivity contribution in [2.45, 2.75) is 77.0 Å². The Labute approximate surface area is 355 Å². The Balaban J connectivity index is 0.980. The maximum absolute atomic E-state index is 14.1. The SMILES string of the molecule is COC(=O)N[C@@H](C(=O)N1CCCC1c1nc2ccc(-c3csc4c(C#Cc5cnc(C6CCCN6C(=O)[C@H](NC(=O)OC)C6(C)C=CC=CC6)[nH]5)csc34)cc2[nH]1)C(C)C. The van der Waals surface area contributed by atoms with E-state index in [1.807, 2.05) is 60.9 Å². The zero-order valence-electron chi connectivity index (χ0n) is 34.2. The van der Waals surface area contributed by atoms with Crippen molar-refractivity contribution < 1.29 is 28.7 Å². The smallest absolute Gasteiger partial charge is 0.407 e. The third-order valence-corrected chi connectivity index (χ3v) is 13.9. The molecular formula is C44H48N8O6S2. The molecule has 8 rings (SSSR count). The summed E-state index contributed by atoms with van der Waals surface area (Å²) >= 11 is 3.30. The third-order valence-electron chi connectivity index (χ3n) is 11.8. The molecule has 2 saturated heterocycles. The molecule has 14 nitrogen and oxygen atoms in total. The van der Waals surface area contributed by atoms with Gasteiger partial charge in [0, 0.05) is 34.8 Å². The molecule has 6 heterocycles. The van der Waals surface area contributed by atoms with Gasteiger partial charge in [-0.25, -0.2) is 19.6 Å². The number of hydrogen-bond donors (Lipinski definition) is 4. The van der Waals surface area contributed by atoms with Crippen molar-refractivity contribution in [2.75, 3.05) is 27.3 Å². The van der Waals surface area contributed by atoms with E-state index >= 15 is 0 Å². The fraction of sp³-hybridized carbons (Fsp3) is 0.409. The molecule has 60 heavy (non-hydrogen) atoms. The van der Waals surface area contributed by atoms with E-state index in [1.165, 1.54) is 14.2 Å². The van der Waals surface area contributed by atoms with E-state index in [2.05, 4.69) is 60.3 Å². The first kappa shape index (κ1) is 40.8. The van der Waals surface area contributed by atoms with Gasteiger partial charge in [-0.05, 0) is 61.6 Å². The van der Waals surface area contributed by atoms with Crippen molar-refractivity contribution in [3.8, 4) is 23.0 Å². The normalized spacial score (nSPS) is 21.0. The number of rotatable bonds is 9. The van der Waals surface area contributed by atoms with Crippen LogP contribution in [-0.4, -0.2) is 93.1 Å². The molecule has 4 N–H and O–H groups in total. The predicted molar refractivity (Wildman–Crippen MR) is 231 cm³/mol. The van der Waals surface area contributed by atoms with E-state index in [0.717, 1.165) is 68.6 Å². The fourth-order valence-corrected chi connectivity index (χ4v) is 10.8. The first-order valence-corrected chi connectivity index (χ1v) is 21.9. The zero-order valence-corrected chi connectivity index (χ0v) is 35.8. The summed E-state index contributed by atoms with van der Waals surface area (Å²) in [5.74, 6) is 7.59. The van der Waals surface area contributed by atoms with Gasteiger partial charge < -0.3 is 39.9 Å². The number of carbonyl (C=O) groups excluding carboxylic acids is 4. The first-order valence-electron chi connectivity index (χ1n) is 20.2. The molecule has 4 aromatic heterocycles. The monoisotopic (exact) mass is 848 g/mol. The highest BCUT2D eigenvalue weighted by atomic mass is 32.1. The van der Waals surface area contributed by atoms with Gasteiger partial charge in [-0.3, -0.25) is 9.59 Å². The molecule has 1 aliphatic carbocycles. The Morgan fingerprint density at radius 2 is 1.62 bits per heavy atom. The lowest BCUT2D eigenvalue weighted by Crippen LogP contribution is -2.56. The maximum Gasteiger partial charge on any atom is 0.407 e. The molecule has 0 saturated carbocycles. The molecule has 5 atom stereocenters. The number of ether oxygens (including phenoxy) is 2. The Morgan fingerprint density at radius 3 is 2.33 bits per heavy atom. The summed E-state index contributed by atoms with van der Waals surface area (Å²) in [6, 6.07) is 4.19. The number of thiophene rings is 2. The molecule has 4 amide bonds. The summed E-state index contributed by atoms with van der Waals surface area (Å²) in [5.41, 5.74) is 4.84. The second-order valence-electron chi connectivity index (χ2n) is 16.0. The van der Waals surface area contributed by atoms with Crippen molar-refractivity contribution >= 4 is 67.1 Å². The number of alkyl carbamates (subject to hydrolysis) is 2. The molecule has 312 valence electrons. The number of fused-ring (bicyclic) bond motifs is 2. The Morgan fingerprint density at radius 1 is 0.900 bits per heavy atom. The minimum absolute atomic E-state index is 0.114. The van der Waals surface area contributed by atoms with Gasteiger partial charge in [-0.15, -0.1) is 22.7 Å². The minimum atomic E-state index is -0.807. The number of hydrogen-bond acceptors (Lipinski definition) is 10. The lowest BCUT2D eigenvalue weighted by molar-refractivity contribution is -0.137. The van der Waals surface area contributed by atoms with Crippen LogP contribution in [0.15, 0.2) is 59.5 Å². The zero-order chi connectivity index (χ0) is 42.1. The van der Waals surface area contributed by atoms with Crippen molar-refractivity contribution in [3.63, 3.8) is 0 Å². The number of nitrogens with one attached hydrogen (secondary N) is 4. The van der Waals surface area contributed by atoms with Crippen molar-refractivity contribution in [3.05, 3.63) is 82.4 Å². The number of carbonyl (C=O) groups is 4. The predicted octanol–water partition coefficient (Wildman–Crippen LogP) is 7.58. The first-order chi connectivity index (χ1) is 29.0. The van der Waals surface area contributed by atoms with Crippen LogP contribution in [0, 0.1) is 23.2 Å². The van der Waals surface area contributed by atoms with E-state index in [0.29, 0.717) is 31.0 Å². The van der Waals surface area contributed by atoms with Gasteiger partial charge >= 0.3 is 12.2 Å². The number of H-pyrrole nitrogens is 2. The summed E-state index contributed by atoms with van der Waals surface area (Å²) in [6.45, 7) is 6.92. The number of nitrogens with zero attached hydrogens (tertiary/aromatic N) is 4. The summed E-state index contributed by atoms with van der Waals surface area (Å²) in [7, 11) is 2.59. The average Bonchev–Trinajstić information content (AvgIpc) is 4.11. The number of likely N-dealkylation sites (tertiary alicyclic amines) is 2. The van der Waals surface area contributed by atoms with Crippen LogP contribution in [0.3, 0.4) is 0 Å². The molecule has 0 radical (unpaired) electrons. The number of benzene rings is 1. The van der Waals surface area contributed by atoms with E-state index < -0.39 is 29.7 Å². The van der Waals surface area contributed by atoms with E-state index in [4.69, 9.17) is 14.5 Å². The van der Waals surface area contributed by atoms with E-state index in [1.54, 1.807) is 28.9 Å². The van der Waals surface area contributed by atoms with Crippen LogP contribution in [0.5, 0.6) is 0 Å². The van der Waals surface area contributed by atoms with Crippen molar-refractivity contribution in [1.82, 2.24) is 40.4 Å². The topological polar surface area (TPSA) is 175 Å². The van der Waals surface area contributed by atoms with Gasteiger partial charge in [-0.2, -0.15) is 0 Å². The van der Waals surface area contributed by atoms with Crippen LogP contribution in [0.25, 0.3) is 31.6 Å². The summed E-state index contributed by atoms with van der Waals surface area (Å²) in [5, 5.41) is 9.76. The molecule has 0 spiro atoms. The molecule has 1 aromatic carbocycles. The third kappa shape index (κ3) is 7.91. The van der Waals surface area contributed by atoms with E-state index in [-0.39, 0.29) is 29.8 Å². The molecule has 2 aliphatic heterocycles. The number of imidazole rings is 2. The maximum atomic E-state index is 14.1. The Bertz CT molecular complexity index is 2570. The number of methoxy groups -OCH3 is 2. The van der Waals surface area contributed by atoms with Gasteiger partial charge in [0.05, 0.1) is 58.5 Å². The van der Waals surface area contributed by atoms with Gasteiger partial charge in [0.25, 0.3) is 0 Å². The van der Waals surface area contributed by atoms with Crippen LogP contribution in [0.2, 0.25) is 0 Å². The summed E-state index contributed by atoms with van der Waals surface area (Å²) in [6.07, 6.45) is 12.0. The highest BCUT2D eigenvalue weighted by Crippen LogP contribution is 2.42.